The second-order valence-corrected chi connectivity index (χ2v) is 15.5. The van der Waals surface area contributed by atoms with Gasteiger partial charge >= 0.3 is 0 Å². The third-order valence-electron chi connectivity index (χ3n) is 7.69. The summed E-state index contributed by atoms with van der Waals surface area (Å²) in [6.07, 6.45) is 2.02. The Kier molecular flexibility index (Phi) is 7.26. The van der Waals surface area contributed by atoms with Crippen molar-refractivity contribution in [2.45, 2.75) is 42.6 Å². The number of fused-ring (bicyclic) bond motifs is 2. The molecule has 3 aromatic heterocycles. The van der Waals surface area contributed by atoms with Crippen molar-refractivity contribution in [3.63, 3.8) is 0 Å². The van der Waals surface area contributed by atoms with Gasteiger partial charge in [0.15, 0.2) is 0 Å². The van der Waals surface area contributed by atoms with Crippen molar-refractivity contribution in [3.05, 3.63) is 88.1 Å². The Bertz CT molecular complexity index is 1780. The van der Waals surface area contributed by atoms with E-state index < -0.39 is 16.1 Å². The standard InChI is InChI=1S/C30H28N4O3S4/c35-28(23-11-6-15-34(23)41(36,37)26-13-7-17-38-26)32-30-27(29-31-22-10-4-5-12-24(22)39-29)21-14-16-33(19-25(21)40-30)18-20-8-2-1-3-9-20/h1-5,7-10,12-13,17,23H,6,11,14-16,18-19H2,(H,32,35). The van der Waals surface area contributed by atoms with E-state index >= 15 is 0 Å². The van der Waals surface area contributed by atoms with Gasteiger partial charge in [0.2, 0.25) is 5.91 Å². The largest absolute Gasteiger partial charge is 0.316 e. The summed E-state index contributed by atoms with van der Waals surface area (Å²) in [6, 6.07) is 21.2. The van der Waals surface area contributed by atoms with Gasteiger partial charge in [0.05, 0.1) is 10.2 Å². The first kappa shape index (κ1) is 26.9. The van der Waals surface area contributed by atoms with Crippen LogP contribution in [0.2, 0.25) is 0 Å². The van der Waals surface area contributed by atoms with Gasteiger partial charge in [-0.2, -0.15) is 4.31 Å². The molecule has 1 N–H and O–H groups in total. The van der Waals surface area contributed by atoms with Gasteiger partial charge in [-0.3, -0.25) is 9.69 Å². The first-order valence-electron chi connectivity index (χ1n) is 13.6. The number of aromatic nitrogens is 1. The van der Waals surface area contributed by atoms with Crippen LogP contribution in [0.3, 0.4) is 0 Å². The second-order valence-electron chi connectivity index (χ2n) is 10.3. The molecule has 7 nitrogen and oxygen atoms in total. The molecule has 0 saturated carbocycles. The molecular formula is C30H28N4O3S4. The summed E-state index contributed by atoms with van der Waals surface area (Å²) in [7, 11) is -3.72. The highest BCUT2D eigenvalue weighted by atomic mass is 32.2. The lowest BCUT2D eigenvalue weighted by atomic mass is 10.0. The van der Waals surface area contributed by atoms with E-state index in [9.17, 15) is 13.2 Å². The van der Waals surface area contributed by atoms with Crippen LogP contribution in [0.5, 0.6) is 0 Å². The van der Waals surface area contributed by atoms with Crippen molar-refractivity contribution in [1.29, 1.82) is 0 Å². The Balaban J connectivity index is 1.22. The molecule has 1 amide bonds. The first-order valence-corrected chi connectivity index (χ1v) is 17.6. The fourth-order valence-corrected chi connectivity index (χ4v) is 10.9. The lowest BCUT2D eigenvalue weighted by molar-refractivity contribution is -0.119. The van der Waals surface area contributed by atoms with Crippen molar-refractivity contribution >= 4 is 65.2 Å². The van der Waals surface area contributed by atoms with Gasteiger partial charge < -0.3 is 5.32 Å². The maximum atomic E-state index is 13.8. The summed E-state index contributed by atoms with van der Waals surface area (Å²) in [6.45, 7) is 2.93. The molecule has 5 aromatic rings. The van der Waals surface area contributed by atoms with Crippen LogP contribution < -0.4 is 5.32 Å². The van der Waals surface area contributed by atoms with Crippen LogP contribution in [-0.4, -0.2) is 47.6 Å². The van der Waals surface area contributed by atoms with E-state index in [1.807, 2.05) is 24.3 Å². The zero-order valence-corrected chi connectivity index (χ0v) is 25.4. The molecule has 11 heteroatoms. The number of thiophene rings is 2. The average molecular weight is 621 g/mol. The van der Waals surface area contributed by atoms with Crippen molar-refractivity contribution < 1.29 is 13.2 Å². The van der Waals surface area contributed by atoms with Gasteiger partial charge in [0.25, 0.3) is 10.0 Å². The molecule has 0 radical (unpaired) electrons. The van der Waals surface area contributed by atoms with E-state index in [1.54, 1.807) is 40.2 Å². The smallest absolute Gasteiger partial charge is 0.253 e. The van der Waals surface area contributed by atoms with Crippen LogP contribution >= 0.6 is 34.0 Å². The van der Waals surface area contributed by atoms with Crippen molar-refractivity contribution in [1.82, 2.24) is 14.2 Å². The predicted octanol–water partition coefficient (Wildman–Crippen LogP) is 6.44. The number of hydrogen-bond acceptors (Lipinski definition) is 8. The summed E-state index contributed by atoms with van der Waals surface area (Å²) in [5, 5.41) is 6.60. The van der Waals surface area contributed by atoms with Gasteiger partial charge in [0.1, 0.15) is 20.3 Å². The van der Waals surface area contributed by atoms with Gasteiger partial charge in [-0.25, -0.2) is 13.4 Å². The van der Waals surface area contributed by atoms with E-state index in [1.165, 1.54) is 31.6 Å². The fourth-order valence-electron chi connectivity index (χ4n) is 5.74. The van der Waals surface area contributed by atoms with Gasteiger partial charge in [-0.05, 0) is 54.0 Å². The Hall–Kier alpha value is -2.93. The molecule has 41 heavy (non-hydrogen) atoms. The third-order valence-corrected chi connectivity index (χ3v) is 13.2. The average Bonchev–Trinajstić information content (AvgIpc) is 3.78. The first-order chi connectivity index (χ1) is 20.0. The Morgan fingerprint density at radius 2 is 1.83 bits per heavy atom. The number of amides is 1. The SMILES string of the molecule is O=C(Nc1sc2c(c1-c1nc3ccccc3s1)CCN(Cc1ccccc1)C2)C1CCCN1S(=O)(=O)c1cccs1. The Morgan fingerprint density at radius 1 is 1.00 bits per heavy atom. The van der Waals surface area contributed by atoms with Crippen LogP contribution in [0.1, 0.15) is 28.8 Å². The number of hydrogen-bond donors (Lipinski definition) is 1. The molecule has 2 aliphatic heterocycles. The highest BCUT2D eigenvalue weighted by molar-refractivity contribution is 7.91. The molecule has 0 aliphatic carbocycles. The van der Waals surface area contributed by atoms with Crippen LogP contribution in [-0.2, 0) is 34.3 Å². The number of benzene rings is 2. The fraction of sp³-hybridized carbons (Fsp3) is 0.267. The number of carbonyl (C=O) groups excluding carboxylic acids is 1. The zero-order valence-electron chi connectivity index (χ0n) is 22.2. The minimum atomic E-state index is -3.72. The molecule has 1 atom stereocenters. The molecule has 1 saturated heterocycles. The number of nitrogens with zero attached hydrogens (tertiary/aromatic N) is 3. The minimum absolute atomic E-state index is 0.273. The van der Waals surface area contributed by atoms with Gasteiger partial charge in [0, 0.05) is 36.6 Å². The molecule has 7 rings (SSSR count). The van der Waals surface area contributed by atoms with Gasteiger partial charge in [-0.1, -0.05) is 48.5 Å². The number of anilines is 1. The predicted molar refractivity (Wildman–Crippen MR) is 167 cm³/mol. The summed E-state index contributed by atoms with van der Waals surface area (Å²) >= 11 is 4.42. The number of sulfonamides is 1. The molecule has 1 fully saturated rings. The molecule has 5 heterocycles. The van der Waals surface area contributed by atoms with E-state index in [0.717, 1.165) is 51.8 Å². The highest BCUT2D eigenvalue weighted by Gasteiger charge is 2.40. The summed E-state index contributed by atoms with van der Waals surface area (Å²) in [5.74, 6) is -0.273. The number of carbonyl (C=O) groups is 1. The summed E-state index contributed by atoms with van der Waals surface area (Å²) in [5.41, 5.74) is 4.45. The van der Waals surface area contributed by atoms with Crippen LogP contribution in [0, 0.1) is 0 Å². The maximum absolute atomic E-state index is 13.8. The van der Waals surface area contributed by atoms with E-state index in [0.29, 0.717) is 19.4 Å². The normalized spacial score (nSPS) is 18.1. The lowest BCUT2D eigenvalue weighted by Crippen LogP contribution is -2.42. The Morgan fingerprint density at radius 3 is 2.63 bits per heavy atom. The number of rotatable bonds is 7. The monoisotopic (exact) mass is 620 g/mol. The molecule has 0 bridgehead atoms. The van der Waals surface area contributed by atoms with E-state index in [-0.39, 0.29) is 10.1 Å². The van der Waals surface area contributed by atoms with Crippen LogP contribution in [0.15, 0.2) is 76.3 Å². The Labute approximate surface area is 251 Å². The summed E-state index contributed by atoms with van der Waals surface area (Å²) in [4.78, 5) is 22.4. The number of para-hydroxylation sites is 1. The van der Waals surface area contributed by atoms with Crippen molar-refractivity contribution in [2.24, 2.45) is 0 Å². The third kappa shape index (κ3) is 5.15. The van der Waals surface area contributed by atoms with Crippen LogP contribution in [0.25, 0.3) is 20.8 Å². The molecule has 2 aromatic carbocycles. The highest BCUT2D eigenvalue weighted by Crippen LogP contribution is 2.46. The van der Waals surface area contributed by atoms with Gasteiger partial charge in [-0.15, -0.1) is 34.0 Å². The number of thiazole rings is 1. The minimum Gasteiger partial charge on any atom is -0.316 e. The lowest BCUT2D eigenvalue weighted by Gasteiger charge is -2.27. The molecule has 0 spiro atoms. The molecule has 1 unspecified atom stereocenters. The topological polar surface area (TPSA) is 82.6 Å². The summed E-state index contributed by atoms with van der Waals surface area (Å²) < 4.78 is 29.4. The molecule has 210 valence electrons. The zero-order chi connectivity index (χ0) is 28.0. The maximum Gasteiger partial charge on any atom is 0.253 e. The van der Waals surface area contributed by atoms with E-state index in [4.69, 9.17) is 4.98 Å². The molecule has 2 aliphatic rings. The van der Waals surface area contributed by atoms with Crippen molar-refractivity contribution in [3.8, 4) is 10.6 Å². The second kappa shape index (κ2) is 11.0. The quantitative estimate of drug-likeness (QED) is 0.227. The van der Waals surface area contributed by atoms with E-state index in [2.05, 4.69) is 40.5 Å². The molecular weight excluding hydrogens is 593 g/mol. The van der Waals surface area contributed by atoms with Crippen molar-refractivity contribution in [2.75, 3.05) is 18.4 Å². The number of nitrogens with one attached hydrogen (secondary N) is 1. The van der Waals surface area contributed by atoms with Crippen LogP contribution in [0.4, 0.5) is 5.00 Å².